The quantitative estimate of drug-likeness (QED) is 0.520. The van der Waals surface area contributed by atoms with E-state index in [1.165, 1.54) is 28.6 Å². The Kier molecular flexibility index (Phi) is 3.39. The van der Waals surface area contributed by atoms with Crippen LogP contribution in [0.5, 0.6) is 0 Å². The van der Waals surface area contributed by atoms with Gasteiger partial charge < -0.3 is 5.73 Å². The van der Waals surface area contributed by atoms with Gasteiger partial charge in [-0.05, 0) is 12.3 Å². The van der Waals surface area contributed by atoms with Crippen LogP contribution in [0.15, 0.2) is 29.3 Å². The number of nitrogens with two attached hydrogens (primary N) is 1. The Morgan fingerprint density at radius 2 is 2.21 bits per heavy atom. The van der Waals surface area contributed by atoms with Gasteiger partial charge in [0.05, 0.1) is 4.92 Å². The van der Waals surface area contributed by atoms with Gasteiger partial charge in [0.1, 0.15) is 28.2 Å². The molecule has 1 aromatic heterocycles. The number of anilines is 1. The third kappa shape index (κ3) is 2.11. The molecular weight excluding hydrogens is 266 g/mol. The molecule has 0 saturated heterocycles. The number of thioether (sulfide) groups is 1. The molecule has 0 saturated carbocycles. The minimum absolute atomic E-state index is 0.0983. The molecule has 1 heterocycles. The van der Waals surface area contributed by atoms with E-state index in [0.717, 1.165) is 0 Å². The highest BCUT2D eigenvalue weighted by Crippen LogP contribution is 2.30. The van der Waals surface area contributed by atoms with Crippen LogP contribution in [0.4, 0.5) is 11.5 Å². The lowest BCUT2D eigenvalue weighted by atomic mass is 10.2. The Morgan fingerprint density at radius 1 is 1.53 bits per heavy atom. The van der Waals surface area contributed by atoms with Crippen molar-refractivity contribution >= 4 is 23.3 Å². The van der Waals surface area contributed by atoms with E-state index in [9.17, 15) is 10.1 Å². The standard InChI is InChI=1S/C11H9N5O2S/c1-19-11-7(6-12)10(13)15(14-11)8-4-2-3-5-9(8)16(17)18/h2-5H,13H2,1H3. The summed E-state index contributed by atoms with van der Waals surface area (Å²) in [6.45, 7) is 0. The Hall–Kier alpha value is -2.53. The fraction of sp³-hybridized carbons (Fsp3) is 0.0909. The monoisotopic (exact) mass is 275 g/mol. The maximum Gasteiger partial charge on any atom is 0.294 e. The highest BCUT2D eigenvalue weighted by Gasteiger charge is 2.21. The highest BCUT2D eigenvalue weighted by molar-refractivity contribution is 7.98. The molecular formula is C11H9N5O2S. The van der Waals surface area contributed by atoms with Crippen LogP contribution >= 0.6 is 11.8 Å². The first-order chi connectivity index (χ1) is 9.10. The molecule has 96 valence electrons. The SMILES string of the molecule is CSc1nn(-c2ccccc2[N+](=O)[O-])c(N)c1C#N. The molecule has 2 aromatic rings. The molecule has 0 spiro atoms. The fourth-order valence-corrected chi connectivity index (χ4v) is 2.16. The lowest BCUT2D eigenvalue weighted by Crippen LogP contribution is -2.05. The number of hydrogen-bond donors (Lipinski definition) is 1. The topological polar surface area (TPSA) is 111 Å². The van der Waals surface area contributed by atoms with Crippen LogP contribution in [0, 0.1) is 21.4 Å². The van der Waals surface area contributed by atoms with Gasteiger partial charge in [-0.15, -0.1) is 11.8 Å². The normalized spacial score (nSPS) is 10.1. The average molecular weight is 275 g/mol. The van der Waals surface area contributed by atoms with Crippen molar-refractivity contribution in [1.29, 1.82) is 5.26 Å². The Morgan fingerprint density at radius 3 is 2.74 bits per heavy atom. The summed E-state index contributed by atoms with van der Waals surface area (Å²) in [5.41, 5.74) is 6.18. The Balaban J connectivity index is 2.70. The molecule has 2 rings (SSSR count). The number of nitriles is 1. The lowest BCUT2D eigenvalue weighted by molar-refractivity contribution is -0.384. The van der Waals surface area contributed by atoms with Gasteiger partial charge in [0.25, 0.3) is 5.69 Å². The fourth-order valence-electron chi connectivity index (χ4n) is 1.64. The molecule has 0 atom stereocenters. The molecule has 19 heavy (non-hydrogen) atoms. The minimum atomic E-state index is -0.513. The number of nitro groups is 1. The summed E-state index contributed by atoms with van der Waals surface area (Å²) in [7, 11) is 0. The molecule has 0 radical (unpaired) electrons. The molecule has 7 nitrogen and oxygen atoms in total. The Labute approximate surface area is 112 Å². The van der Waals surface area contributed by atoms with Crippen molar-refractivity contribution < 1.29 is 4.92 Å². The summed E-state index contributed by atoms with van der Waals surface area (Å²) < 4.78 is 1.22. The summed E-state index contributed by atoms with van der Waals surface area (Å²) in [6, 6.07) is 8.06. The summed E-state index contributed by atoms with van der Waals surface area (Å²) in [5, 5.41) is 24.6. The number of benzene rings is 1. The van der Waals surface area contributed by atoms with Gasteiger partial charge in [0.15, 0.2) is 0 Å². The molecule has 0 aliphatic rings. The average Bonchev–Trinajstić information content (AvgIpc) is 2.74. The molecule has 0 amide bonds. The van der Waals surface area contributed by atoms with Crippen LogP contribution in [0.3, 0.4) is 0 Å². The van der Waals surface area contributed by atoms with Crippen molar-refractivity contribution in [2.45, 2.75) is 5.03 Å². The van der Waals surface area contributed by atoms with Crippen LogP contribution in [0.2, 0.25) is 0 Å². The van der Waals surface area contributed by atoms with Gasteiger partial charge in [0, 0.05) is 6.07 Å². The third-order valence-electron chi connectivity index (χ3n) is 2.50. The first-order valence-corrected chi connectivity index (χ1v) is 6.39. The maximum absolute atomic E-state index is 11.0. The second-order valence-electron chi connectivity index (χ2n) is 3.54. The second kappa shape index (κ2) is 4.99. The number of nitro benzene ring substituents is 1. The predicted molar refractivity (Wildman–Crippen MR) is 71.1 cm³/mol. The maximum atomic E-state index is 11.0. The molecule has 8 heteroatoms. The summed E-state index contributed by atoms with van der Waals surface area (Å²) in [5.74, 6) is 0.0983. The van der Waals surface area contributed by atoms with Crippen molar-refractivity contribution in [3.05, 3.63) is 39.9 Å². The van der Waals surface area contributed by atoms with E-state index >= 15 is 0 Å². The van der Waals surface area contributed by atoms with E-state index in [-0.39, 0.29) is 22.8 Å². The van der Waals surface area contributed by atoms with Crippen molar-refractivity contribution in [3.8, 4) is 11.8 Å². The van der Waals surface area contributed by atoms with Crippen molar-refractivity contribution in [3.63, 3.8) is 0 Å². The molecule has 0 aliphatic heterocycles. The molecule has 1 aromatic carbocycles. The first-order valence-electron chi connectivity index (χ1n) is 5.16. The van der Waals surface area contributed by atoms with E-state index in [2.05, 4.69) is 5.10 Å². The van der Waals surface area contributed by atoms with Gasteiger partial charge in [-0.1, -0.05) is 12.1 Å². The van der Waals surface area contributed by atoms with E-state index in [0.29, 0.717) is 5.03 Å². The molecule has 0 bridgehead atoms. The summed E-state index contributed by atoms with van der Waals surface area (Å²) in [6.07, 6.45) is 1.76. The molecule has 0 aliphatic carbocycles. The van der Waals surface area contributed by atoms with E-state index < -0.39 is 4.92 Å². The second-order valence-corrected chi connectivity index (χ2v) is 4.33. The number of para-hydroxylation sites is 2. The van der Waals surface area contributed by atoms with E-state index in [1.807, 2.05) is 6.07 Å². The zero-order valence-corrected chi connectivity index (χ0v) is 10.7. The van der Waals surface area contributed by atoms with Gasteiger partial charge in [-0.3, -0.25) is 10.1 Å². The summed E-state index contributed by atoms with van der Waals surface area (Å²) in [4.78, 5) is 10.5. The lowest BCUT2D eigenvalue weighted by Gasteiger charge is -2.04. The van der Waals surface area contributed by atoms with Crippen molar-refractivity contribution in [2.75, 3.05) is 12.0 Å². The number of hydrogen-bond acceptors (Lipinski definition) is 6. The number of rotatable bonds is 3. The predicted octanol–water partition coefficient (Wildman–Crippen LogP) is 1.96. The Bertz CT molecular complexity index is 689. The van der Waals surface area contributed by atoms with Gasteiger partial charge in [-0.2, -0.15) is 10.4 Å². The van der Waals surface area contributed by atoms with Crippen molar-refractivity contribution in [2.24, 2.45) is 0 Å². The van der Waals surface area contributed by atoms with Gasteiger partial charge in [-0.25, -0.2) is 4.68 Å². The number of nitrogen functional groups attached to an aromatic ring is 1. The molecule has 2 N–H and O–H groups in total. The highest BCUT2D eigenvalue weighted by atomic mass is 32.2. The number of aromatic nitrogens is 2. The zero-order valence-electron chi connectivity index (χ0n) is 9.90. The summed E-state index contributed by atoms with van der Waals surface area (Å²) >= 11 is 1.26. The van der Waals surface area contributed by atoms with Crippen LogP contribution in [0.25, 0.3) is 5.69 Å². The van der Waals surface area contributed by atoms with Crippen LogP contribution in [-0.2, 0) is 0 Å². The molecule has 0 unspecified atom stereocenters. The number of nitrogens with zero attached hydrogens (tertiary/aromatic N) is 4. The molecule has 0 fully saturated rings. The largest absolute Gasteiger partial charge is 0.382 e. The van der Waals surface area contributed by atoms with E-state index in [1.54, 1.807) is 18.4 Å². The van der Waals surface area contributed by atoms with Crippen LogP contribution < -0.4 is 5.73 Å². The minimum Gasteiger partial charge on any atom is -0.382 e. The third-order valence-corrected chi connectivity index (χ3v) is 3.17. The van der Waals surface area contributed by atoms with Gasteiger partial charge in [0.2, 0.25) is 0 Å². The van der Waals surface area contributed by atoms with Crippen molar-refractivity contribution in [1.82, 2.24) is 9.78 Å². The zero-order chi connectivity index (χ0) is 14.0. The smallest absolute Gasteiger partial charge is 0.294 e. The van der Waals surface area contributed by atoms with Crippen LogP contribution in [0.1, 0.15) is 5.56 Å². The van der Waals surface area contributed by atoms with E-state index in [4.69, 9.17) is 11.0 Å². The van der Waals surface area contributed by atoms with Gasteiger partial charge >= 0.3 is 0 Å². The van der Waals surface area contributed by atoms with Crippen LogP contribution in [-0.4, -0.2) is 21.0 Å². The first kappa shape index (κ1) is 12.9.